The van der Waals surface area contributed by atoms with Crippen molar-refractivity contribution in [1.82, 2.24) is 21.3 Å². The van der Waals surface area contributed by atoms with E-state index in [0.29, 0.717) is 47.9 Å². The molecule has 4 N–H and O–H groups in total. The second kappa shape index (κ2) is 21.3. The molecule has 0 bridgehead atoms. The van der Waals surface area contributed by atoms with Crippen molar-refractivity contribution >= 4 is 31.5 Å². The molecule has 4 atom stereocenters. The molecule has 4 aromatic carbocycles. The molecule has 0 aliphatic heterocycles. The average molecular weight is 1050 g/mol. The Bertz CT molecular complexity index is 2680. The van der Waals surface area contributed by atoms with Crippen molar-refractivity contribution in [2.75, 3.05) is 12.5 Å². The van der Waals surface area contributed by atoms with Gasteiger partial charge < -0.3 is 10.6 Å². The Morgan fingerprint density at radius 2 is 0.764 bits per heavy atom. The number of nitrogens with one attached hydrogen (secondary N) is 4. The lowest BCUT2D eigenvalue weighted by Gasteiger charge is -2.30. The molecular weight excluding hydrogens is 997 g/mol. The second-order valence-electron chi connectivity index (χ2n) is 19.4. The highest BCUT2D eigenvalue weighted by Gasteiger charge is 2.50. The average Bonchev–Trinajstić information content (AvgIpc) is 4.22. The summed E-state index contributed by atoms with van der Waals surface area (Å²) in [4.78, 5) is 25.8. The Labute approximate surface area is 413 Å². The standard InChI is InChI=1S/2C25H27F4N3O3S/c2*1-23(2,26)14-20(22(33)32-24(15-30)12-13-24)31-21(25(27,28)29)18-6-4-16(5-7-18)17-8-10-19(11-9-17)36(3,34)35/h2*4-11,20-21,31H,12-14H2,1-3H3,(H,32,33)/t2*20-,21-/m00/s1. The smallest absolute Gasteiger partial charge is 0.336 e. The van der Waals surface area contributed by atoms with Crippen LogP contribution < -0.4 is 21.3 Å². The van der Waals surface area contributed by atoms with Gasteiger partial charge in [-0.15, -0.1) is 0 Å². The van der Waals surface area contributed by atoms with Gasteiger partial charge in [-0.05, 0) is 111 Å². The SMILES string of the molecule is CC(C)(F)C[C@H](N[C@@H](c1ccc(-c2ccc(S(C)(=O)=O)cc2)cc1)C(F)(F)F)C(=O)NC1(C#N)CC1.CC(C)(F)C[C@H](N[C@@H](c1ccc(-c2ccc(S(C)(=O)=O)cc2)cc1)C(F)(F)F)C(=O)NC1(C#N)CC1. The predicted octanol–water partition coefficient (Wildman–Crippen LogP) is 9.26. The van der Waals surface area contributed by atoms with E-state index < -0.39 is 103 Å². The third-order valence-electron chi connectivity index (χ3n) is 11.8. The lowest BCUT2D eigenvalue weighted by Crippen LogP contribution is -2.53. The summed E-state index contributed by atoms with van der Waals surface area (Å²) in [6.45, 7) is 4.66. The van der Waals surface area contributed by atoms with Crippen molar-refractivity contribution < 1.29 is 61.5 Å². The molecule has 0 aromatic heterocycles. The molecule has 2 aliphatic carbocycles. The van der Waals surface area contributed by atoms with Crippen molar-refractivity contribution in [3.05, 3.63) is 108 Å². The Kier molecular flexibility index (Phi) is 16.8. The molecule has 2 saturated carbocycles. The first-order valence-corrected chi connectivity index (χ1v) is 26.2. The Balaban J connectivity index is 0.000000267. The van der Waals surface area contributed by atoms with Gasteiger partial charge in [0.25, 0.3) is 0 Å². The van der Waals surface area contributed by atoms with E-state index in [9.17, 15) is 72.1 Å². The summed E-state index contributed by atoms with van der Waals surface area (Å²) in [5.74, 6) is -1.73. The van der Waals surface area contributed by atoms with E-state index in [-0.39, 0.29) is 20.9 Å². The summed E-state index contributed by atoms with van der Waals surface area (Å²) in [6.07, 6.45) is -6.98. The molecule has 6 rings (SSSR count). The fourth-order valence-corrected chi connectivity index (χ4v) is 8.80. The first-order chi connectivity index (χ1) is 33.1. The maximum atomic E-state index is 14.4. The minimum absolute atomic E-state index is 0.119. The molecule has 0 unspecified atom stereocenters. The molecule has 0 saturated heterocycles. The monoisotopic (exact) mass is 1050 g/mol. The van der Waals surface area contributed by atoms with Gasteiger partial charge in [-0.3, -0.25) is 20.2 Å². The summed E-state index contributed by atoms with van der Waals surface area (Å²) in [6, 6.07) is 18.9. The quantitative estimate of drug-likeness (QED) is 0.0697. The van der Waals surface area contributed by atoms with Crippen molar-refractivity contribution in [3.63, 3.8) is 0 Å². The van der Waals surface area contributed by atoms with Crippen LogP contribution in [0.4, 0.5) is 35.1 Å². The molecule has 2 fully saturated rings. The number of alkyl halides is 8. The normalized spacial score (nSPS) is 17.1. The Hall–Kier alpha value is -5.94. The number of sulfone groups is 2. The van der Waals surface area contributed by atoms with E-state index in [4.69, 9.17) is 0 Å². The largest absolute Gasteiger partial charge is 0.407 e. The summed E-state index contributed by atoms with van der Waals surface area (Å²) in [7, 11) is -6.78. The molecule has 22 heteroatoms. The lowest BCUT2D eigenvalue weighted by molar-refractivity contribution is -0.162. The molecule has 72 heavy (non-hydrogen) atoms. The number of hydrogen-bond donors (Lipinski definition) is 4. The van der Waals surface area contributed by atoms with Gasteiger partial charge >= 0.3 is 12.4 Å². The molecule has 0 radical (unpaired) electrons. The van der Waals surface area contributed by atoms with Crippen LogP contribution in [0.3, 0.4) is 0 Å². The number of halogens is 8. The number of carbonyl (C=O) groups excluding carboxylic acids is 2. The van der Waals surface area contributed by atoms with Gasteiger partial charge in [0, 0.05) is 25.4 Å². The van der Waals surface area contributed by atoms with Crippen molar-refractivity contribution in [2.24, 2.45) is 0 Å². The van der Waals surface area contributed by atoms with Gasteiger partial charge in [-0.2, -0.15) is 36.9 Å². The Morgan fingerprint density at radius 1 is 0.514 bits per heavy atom. The number of hydrogen-bond acceptors (Lipinski definition) is 10. The number of nitriles is 2. The number of nitrogens with zero attached hydrogens (tertiary/aromatic N) is 2. The van der Waals surface area contributed by atoms with Crippen molar-refractivity contribution in [2.45, 2.75) is 135 Å². The van der Waals surface area contributed by atoms with E-state index in [0.717, 1.165) is 12.5 Å². The zero-order chi connectivity index (χ0) is 53.9. The zero-order valence-corrected chi connectivity index (χ0v) is 41.6. The van der Waals surface area contributed by atoms with Gasteiger partial charge in [0.15, 0.2) is 19.7 Å². The third-order valence-corrected chi connectivity index (χ3v) is 14.0. The van der Waals surface area contributed by atoms with Gasteiger partial charge in [-0.25, -0.2) is 25.6 Å². The number of benzene rings is 4. The highest BCUT2D eigenvalue weighted by molar-refractivity contribution is 7.91. The first-order valence-electron chi connectivity index (χ1n) is 22.4. The van der Waals surface area contributed by atoms with E-state index in [1.54, 1.807) is 24.3 Å². The van der Waals surface area contributed by atoms with Gasteiger partial charge in [0.1, 0.15) is 34.5 Å². The predicted molar refractivity (Wildman–Crippen MR) is 252 cm³/mol. The topological polar surface area (TPSA) is 198 Å². The van der Waals surface area contributed by atoms with Gasteiger partial charge in [0.2, 0.25) is 11.8 Å². The Morgan fingerprint density at radius 3 is 0.958 bits per heavy atom. The minimum Gasteiger partial charge on any atom is -0.336 e. The molecule has 12 nitrogen and oxygen atoms in total. The molecule has 388 valence electrons. The van der Waals surface area contributed by atoms with Gasteiger partial charge in [0.05, 0.1) is 34.0 Å². The summed E-state index contributed by atoms with van der Waals surface area (Å²) < 4.78 is 160. The molecule has 0 spiro atoms. The van der Waals surface area contributed by atoms with E-state index in [2.05, 4.69) is 21.3 Å². The number of amides is 2. The fourth-order valence-electron chi connectivity index (χ4n) is 7.54. The highest BCUT2D eigenvalue weighted by Crippen LogP contribution is 2.39. The lowest BCUT2D eigenvalue weighted by atomic mass is 9.96. The van der Waals surface area contributed by atoms with Crippen LogP contribution in [0, 0.1) is 22.7 Å². The third kappa shape index (κ3) is 16.0. The molecule has 4 aromatic rings. The molecule has 2 amide bonds. The van der Waals surface area contributed by atoms with E-state index >= 15 is 0 Å². The van der Waals surface area contributed by atoms with Crippen LogP contribution in [-0.4, -0.2) is 88.0 Å². The maximum absolute atomic E-state index is 14.4. The second-order valence-corrected chi connectivity index (χ2v) is 23.5. The van der Waals surface area contributed by atoms with E-state index in [1.165, 1.54) is 100 Å². The summed E-state index contributed by atoms with van der Waals surface area (Å²) >= 11 is 0. The molecular formula is C50H54F8N6O6S2. The van der Waals surface area contributed by atoms with Crippen LogP contribution in [-0.2, 0) is 29.3 Å². The first kappa shape index (κ1) is 57.0. The van der Waals surface area contributed by atoms with Gasteiger partial charge in [-0.1, -0.05) is 72.8 Å². The number of rotatable bonds is 18. The fraction of sp³-hybridized carbons (Fsp3) is 0.440. The van der Waals surface area contributed by atoms with Crippen molar-refractivity contribution in [1.29, 1.82) is 10.5 Å². The molecule has 2 aliphatic rings. The van der Waals surface area contributed by atoms with Crippen LogP contribution in [0.2, 0.25) is 0 Å². The van der Waals surface area contributed by atoms with E-state index in [1.807, 2.05) is 12.1 Å². The zero-order valence-electron chi connectivity index (χ0n) is 40.0. The summed E-state index contributed by atoms with van der Waals surface area (Å²) in [5.41, 5.74) is -4.16. The number of carbonyl (C=O) groups is 2. The van der Waals surface area contributed by atoms with Crippen LogP contribution >= 0.6 is 0 Å². The van der Waals surface area contributed by atoms with Crippen LogP contribution in [0.1, 0.15) is 89.4 Å². The maximum Gasteiger partial charge on any atom is 0.407 e. The van der Waals surface area contributed by atoms with Crippen LogP contribution in [0.5, 0.6) is 0 Å². The summed E-state index contributed by atoms with van der Waals surface area (Å²) in [5, 5.41) is 27.9. The molecule has 0 heterocycles. The van der Waals surface area contributed by atoms with Crippen LogP contribution in [0.15, 0.2) is 107 Å². The minimum atomic E-state index is -4.80. The highest BCUT2D eigenvalue weighted by atomic mass is 32.2. The van der Waals surface area contributed by atoms with Crippen molar-refractivity contribution in [3.8, 4) is 34.4 Å². The van der Waals surface area contributed by atoms with Crippen LogP contribution in [0.25, 0.3) is 22.3 Å².